The van der Waals surface area contributed by atoms with Crippen LogP contribution in [0.2, 0.25) is 0 Å². The first kappa shape index (κ1) is 13.6. The Morgan fingerprint density at radius 3 is 2.47 bits per heavy atom. The van der Waals surface area contributed by atoms with Crippen LogP contribution in [0.3, 0.4) is 0 Å². The lowest BCUT2D eigenvalue weighted by Gasteiger charge is -2.18. The van der Waals surface area contributed by atoms with Crippen LogP contribution in [0.15, 0.2) is 24.3 Å². The van der Waals surface area contributed by atoms with E-state index in [2.05, 4.69) is 5.32 Å². The number of carboxylic acid groups (broad SMARTS) is 1. The van der Waals surface area contributed by atoms with Crippen LogP contribution in [0, 0.1) is 11.2 Å². The average molecular weight is 239 g/mol. The molecule has 1 aromatic carbocycles. The van der Waals surface area contributed by atoms with Crippen LogP contribution in [-0.2, 0) is 11.3 Å². The number of hydrogen-bond donors (Lipinski definition) is 2. The molecule has 0 aromatic heterocycles. The zero-order valence-corrected chi connectivity index (χ0v) is 10.2. The van der Waals surface area contributed by atoms with E-state index in [4.69, 9.17) is 5.11 Å². The monoisotopic (exact) mass is 239 g/mol. The van der Waals surface area contributed by atoms with Gasteiger partial charge < -0.3 is 10.4 Å². The fraction of sp³-hybridized carbons (Fsp3) is 0.462. The van der Waals surface area contributed by atoms with Crippen molar-refractivity contribution in [2.45, 2.75) is 26.8 Å². The van der Waals surface area contributed by atoms with Crippen molar-refractivity contribution in [3.63, 3.8) is 0 Å². The Bertz CT molecular complexity index is 374. The third-order valence-corrected chi connectivity index (χ3v) is 2.75. The van der Waals surface area contributed by atoms with Gasteiger partial charge in [0.05, 0.1) is 5.41 Å². The van der Waals surface area contributed by atoms with E-state index in [9.17, 15) is 9.18 Å². The second-order valence-corrected chi connectivity index (χ2v) is 4.74. The molecule has 0 atom stereocenters. The number of halogens is 1. The molecule has 4 heteroatoms. The fourth-order valence-corrected chi connectivity index (χ4v) is 1.34. The maximum Gasteiger partial charge on any atom is 0.309 e. The van der Waals surface area contributed by atoms with E-state index in [1.807, 2.05) is 0 Å². The zero-order chi connectivity index (χ0) is 12.9. The van der Waals surface area contributed by atoms with Crippen molar-refractivity contribution in [3.8, 4) is 0 Å². The van der Waals surface area contributed by atoms with Crippen molar-refractivity contribution < 1.29 is 14.3 Å². The van der Waals surface area contributed by atoms with Crippen molar-refractivity contribution in [2.75, 3.05) is 6.54 Å². The van der Waals surface area contributed by atoms with Gasteiger partial charge in [0.15, 0.2) is 0 Å². The quantitative estimate of drug-likeness (QED) is 0.749. The maximum absolute atomic E-state index is 12.6. The first-order chi connectivity index (χ1) is 7.92. The molecule has 0 aliphatic carbocycles. The van der Waals surface area contributed by atoms with Gasteiger partial charge in [-0.2, -0.15) is 0 Å². The molecular weight excluding hydrogens is 221 g/mol. The molecule has 0 aliphatic heterocycles. The van der Waals surface area contributed by atoms with Gasteiger partial charge in [0.2, 0.25) is 0 Å². The second kappa shape index (κ2) is 5.77. The summed E-state index contributed by atoms with van der Waals surface area (Å²) in [5.41, 5.74) is 0.273. The van der Waals surface area contributed by atoms with Crippen molar-refractivity contribution in [2.24, 2.45) is 5.41 Å². The van der Waals surface area contributed by atoms with Crippen LogP contribution >= 0.6 is 0 Å². The van der Waals surface area contributed by atoms with Gasteiger partial charge in [-0.25, -0.2) is 4.39 Å². The number of carboxylic acids is 1. The van der Waals surface area contributed by atoms with E-state index in [-0.39, 0.29) is 5.82 Å². The normalized spacial score (nSPS) is 11.5. The number of aliphatic carboxylic acids is 1. The van der Waals surface area contributed by atoms with Crippen LogP contribution in [0.5, 0.6) is 0 Å². The molecule has 0 radical (unpaired) electrons. The van der Waals surface area contributed by atoms with Gasteiger partial charge in [0, 0.05) is 6.54 Å². The van der Waals surface area contributed by atoms with Gasteiger partial charge in [-0.3, -0.25) is 4.79 Å². The topological polar surface area (TPSA) is 49.3 Å². The largest absolute Gasteiger partial charge is 0.481 e. The lowest BCUT2D eigenvalue weighted by molar-refractivity contribution is -0.147. The van der Waals surface area contributed by atoms with Crippen LogP contribution < -0.4 is 5.32 Å². The molecule has 0 saturated heterocycles. The summed E-state index contributed by atoms with van der Waals surface area (Å²) in [5, 5.41) is 12.1. The van der Waals surface area contributed by atoms with E-state index >= 15 is 0 Å². The molecule has 0 saturated carbocycles. The van der Waals surface area contributed by atoms with E-state index < -0.39 is 11.4 Å². The summed E-state index contributed by atoms with van der Waals surface area (Å²) >= 11 is 0. The highest BCUT2D eigenvalue weighted by molar-refractivity contribution is 5.73. The Hall–Kier alpha value is -1.42. The molecule has 0 amide bonds. The minimum Gasteiger partial charge on any atom is -0.481 e. The second-order valence-electron chi connectivity index (χ2n) is 4.74. The molecule has 3 nitrogen and oxygen atoms in total. The average Bonchev–Trinajstić information content (AvgIpc) is 2.26. The first-order valence-corrected chi connectivity index (χ1v) is 5.60. The predicted molar refractivity (Wildman–Crippen MR) is 64.1 cm³/mol. The number of benzene rings is 1. The van der Waals surface area contributed by atoms with Gasteiger partial charge >= 0.3 is 5.97 Å². The molecule has 0 aliphatic rings. The minimum absolute atomic E-state index is 0.249. The van der Waals surface area contributed by atoms with Crippen LogP contribution in [0.25, 0.3) is 0 Å². The molecule has 1 rings (SSSR count). The van der Waals surface area contributed by atoms with Gasteiger partial charge in [-0.05, 0) is 44.5 Å². The third-order valence-electron chi connectivity index (χ3n) is 2.75. The van der Waals surface area contributed by atoms with Gasteiger partial charge in [0.1, 0.15) is 5.82 Å². The van der Waals surface area contributed by atoms with E-state index in [1.54, 1.807) is 26.0 Å². The lowest BCUT2D eigenvalue weighted by Crippen LogP contribution is -2.28. The van der Waals surface area contributed by atoms with Crippen molar-refractivity contribution in [1.82, 2.24) is 5.32 Å². The molecule has 94 valence electrons. The van der Waals surface area contributed by atoms with E-state index in [0.29, 0.717) is 19.5 Å². The highest BCUT2D eigenvalue weighted by atomic mass is 19.1. The Labute approximate surface area is 101 Å². The summed E-state index contributed by atoms with van der Waals surface area (Å²) in [6.45, 7) is 4.65. The molecule has 0 heterocycles. The Balaban J connectivity index is 2.29. The number of nitrogens with one attached hydrogen (secondary N) is 1. The highest BCUT2D eigenvalue weighted by Gasteiger charge is 2.25. The van der Waals surface area contributed by atoms with E-state index in [0.717, 1.165) is 5.56 Å². The standard InChI is InChI=1S/C13H18FNO2/c1-13(2,12(16)17)7-8-15-9-10-3-5-11(14)6-4-10/h3-6,15H,7-9H2,1-2H3,(H,16,17). The minimum atomic E-state index is -0.791. The summed E-state index contributed by atoms with van der Waals surface area (Å²) in [5.74, 6) is -1.04. The molecule has 0 fully saturated rings. The fourth-order valence-electron chi connectivity index (χ4n) is 1.34. The van der Waals surface area contributed by atoms with Gasteiger partial charge in [0.25, 0.3) is 0 Å². The molecule has 0 bridgehead atoms. The van der Waals surface area contributed by atoms with Gasteiger partial charge in [-0.15, -0.1) is 0 Å². The Morgan fingerprint density at radius 2 is 1.94 bits per heavy atom. The first-order valence-electron chi connectivity index (χ1n) is 5.60. The predicted octanol–water partition coefficient (Wildman–Crippen LogP) is 2.42. The highest BCUT2D eigenvalue weighted by Crippen LogP contribution is 2.19. The number of rotatable bonds is 6. The molecular formula is C13H18FNO2. The Kier molecular flexibility index (Phi) is 4.63. The number of carbonyl (C=O) groups is 1. The van der Waals surface area contributed by atoms with Gasteiger partial charge in [-0.1, -0.05) is 12.1 Å². The van der Waals surface area contributed by atoms with Crippen LogP contribution in [0.4, 0.5) is 4.39 Å². The molecule has 2 N–H and O–H groups in total. The molecule has 17 heavy (non-hydrogen) atoms. The summed E-state index contributed by atoms with van der Waals surface area (Å²) in [6.07, 6.45) is 0.559. The molecule has 1 aromatic rings. The summed E-state index contributed by atoms with van der Waals surface area (Å²) in [7, 11) is 0. The molecule has 0 unspecified atom stereocenters. The van der Waals surface area contributed by atoms with E-state index in [1.165, 1.54) is 12.1 Å². The van der Waals surface area contributed by atoms with Crippen molar-refractivity contribution in [1.29, 1.82) is 0 Å². The summed E-state index contributed by atoms with van der Waals surface area (Å²) < 4.78 is 12.6. The zero-order valence-electron chi connectivity index (χ0n) is 10.2. The Morgan fingerprint density at radius 1 is 1.35 bits per heavy atom. The van der Waals surface area contributed by atoms with Crippen molar-refractivity contribution >= 4 is 5.97 Å². The van der Waals surface area contributed by atoms with Crippen molar-refractivity contribution in [3.05, 3.63) is 35.6 Å². The lowest BCUT2D eigenvalue weighted by atomic mass is 9.90. The summed E-state index contributed by atoms with van der Waals surface area (Å²) in [6, 6.07) is 6.26. The third kappa shape index (κ3) is 4.53. The molecule has 0 spiro atoms. The summed E-state index contributed by atoms with van der Waals surface area (Å²) in [4.78, 5) is 10.9. The van der Waals surface area contributed by atoms with Crippen LogP contribution in [-0.4, -0.2) is 17.6 Å². The smallest absolute Gasteiger partial charge is 0.309 e. The van der Waals surface area contributed by atoms with Crippen LogP contribution in [0.1, 0.15) is 25.8 Å². The number of hydrogen-bond acceptors (Lipinski definition) is 2. The maximum atomic E-state index is 12.6. The SMILES string of the molecule is CC(C)(CCNCc1ccc(F)cc1)C(=O)O.